The van der Waals surface area contributed by atoms with Crippen LogP contribution in [0.5, 0.6) is 5.75 Å². The summed E-state index contributed by atoms with van der Waals surface area (Å²) in [7, 11) is 0. The SMILES string of the molecule is CCCOc1ccc(CNC(C)CCCC(C)C)cc1. The predicted molar refractivity (Wildman–Crippen MR) is 87.2 cm³/mol. The number of hydrogen-bond acceptors (Lipinski definition) is 2. The molecule has 1 unspecified atom stereocenters. The molecular weight excluding hydrogens is 246 g/mol. The second-order valence-electron chi connectivity index (χ2n) is 6.10. The molecule has 0 fully saturated rings. The van der Waals surface area contributed by atoms with E-state index in [2.05, 4.69) is 57.3 Å². The summed E-state index contributed by atoms with van der Waals surface area (Å²) in [6.45, 7) is 10.7. The fraction of sp³-hybridized carbons (Fsp3) is 0.667. The molecule has 0 aromatic heterocycles. The van der Waals surface area contributed by atoms with Crippen LogP contribution < -0.4 is 10.1 Å². The molecule has 1 aromatic rings. The van der Waals surface area contributed by atoms with E-state index >= 15 is 0 Å². The van der Waals surface area contributed by atoms with Crippen molar-refractivity contribution in [2.75, 3.05) is 6.61 Å². The molecule has 2 nitrogen and oxygen atoms in total. The maximum Gasteiger partial charge on any atom is 0.119 e. The van der Waals surface area contributed by atoms with Crippen molar-refractivity contribution in [2.45, 2.75) is 66.0 Å². The molecule has 20 heavy (non-hydrogen) atoms. The van der Waals surface area contributed by atoms with Crippen LogP contribution in [0.15, 0.2) is 24.3 Å². The zero-order valence-corrected chi connectivity index (χ0v) is 13.6. The Morgan fingerprint density at radius 3 is 2.35 bits per heavy atom. The van der Waals surface area contributed by atoms with E-state index in [-0.39, 0.29) is 0 Å². The summed E-state index contributed by atoms with van der Waals surface area (Å²) in [6, 6.07) is 9.02. The minimum Gasteiger partial charge on any atom is -0.494 e. The van der Waals surface area contributed by atoms with Gasteiger partial charge in [-0.15, -0.1) is 0 Å². The molecule has 0 spiro atoms. The van der Waals surface area contributed by atoms with Crippen LogP contribution in [-0.2, 0) is 6.54 Å². The van der Waals surface area contributed by atoms with E-state index in [0.29, 0.717) is 6.04 Å². The third-order valence-electron chi connectivity index (χ3n) is 3.47. The van der Waals surface area contributed by atoms with Crippen LogP contribution in [0.25, 0.3) is 0 Å². The van der Waals surface area contributed by atoms with Crippen LogP contribution in [0.1, 0.15) is 58.9 Å². The lowest BCUT2D eigenvalue weighted by molar-refractivity contribution is 0.317. The van der Waals surface area contributed by atoms with Crippen LogP contribution in [0.2, 0.25) is 0 Å². The Balaban J connectivity index is 2.23. The number of benzene rings is 1. The highest BCUT2D eigenvalue weighted by atomic mass is 16.5. The van der Waals surface area contributed by atoms with Crippen LogP contribution >= 0.6 is 0 Å². The third-order valence-corrected chi connectivity index (χ3v) is 3.47. The molecule has 0 radical (unpaired) electrons. The topological polar surface area (TPSA) is 21.3 Å². The first-order valence-electron chi connectivity index (χ1n) is 8.07. The molecule has 0 amide bonds. The fourth-order valence-electron chi connectivity index (χ4n) is 2.15. The van der Waals surface area contributed by atoms with E-state index in [1.807, 2.05) is 0 Å². The molecule has 1 atom stereocenters. The average molecular weight is 277 g/mol. The standard InChI is InChI=1S/C18H31NO/c1-5-13-20-18-11-9-17(10-12-18)14-19-16(4)8-6-7-15(2)3/h9-12,15-16,19H,5-8,13-14H2,1-4H3. The second kappa shape index (κ2) is 9.82. The summed E-state index contributed by atoms with van der Waals surface area (Å²) in [5, 5.41) is 3.59. The zero-order valence-electron chi connectivity index (χ0n) is 13.6. The van der Waals surface area contributed by atoms with Crippen molar-refractivity contribution >= 4 is 0 Å². The lowest BCUT2D eigenvalue weighted by atomic mass is 10.0. The van der Waals surface area contributed by atoms with Crippen molar-refractivity contribution in [3.05, 3.63) is 29.8 Å². The Kier molecular flexibility index (Phi) is 8.36. The fourth-order valence-corrected chi connectivity index (χ4v) is 2.15. The normalized spacial score (nSPS) is 12.7. The molecule has 1 rings (SSSR count). The van der Waals surface area contributed by atoms with Crippen LogP contribution in [0.4, 0.5) is 0 Å². The Morgan fingerprint density at radius 1 is 1.05 bits per heavy atom. The molecule has 0 aliphatic rings. The van der Waals surface area contributed by atoms with Gasteiger partial charge in [0.2, 0.25) is 0 Å². The lowest BCUT2D eigenvalue weighted by Crippen LogP contribution is -2.25. The van der Waals surface area contributed by atoms with Gasteiger partial charge in [-0.1, -0.05) is 45.7 Å². The highest BCUT2D eigenvalue weighted by molar-refractivity contribution is 5.27. The first kappa shape index (κ1) is 17.0. The predicted octanol–water partition coefficient (Wildman–Crippen LogP) is 4.78. The first-order valence-corrected chi connectivity index (χ1v) is 8.07. The summed E-state index contributed by atoms with van der Waals surface area (Å²) in [4.78, 5) is 0. The van der Waals surface area contributed by atoms with Crippen LogP contribution in [0, 0.1) is 5.92 Å². The van der Waals surface area contributed by atoms with E-state index in [4.69, 9.17) is 4.74 Å². The Hall–Kier alpha value is -1.02. The molecule has 2 heteroatoms. The summed E-state index contributed by atoms with van der Waals surface area (Å²) in [6.07, 6.45) is 4.96. The smallest absolute Gasteiger partial charge is 0.119 e. The van der Waals surface area contributed by atoms with Crippen molar-refractivity contribution < 1.29 is 4.74 Å². The van der Waals surface area contributed by atoms with Crippen LogP contribution in [0.3, 0.4) is 0 Å². The van der Waals surface area contributed by atoms with Crippen molar-refractivity contribution in [2.24, 2.45) is 5.92 Å². The third kappa shape index (κ3) is 7.54. The number of ether oxygens (including phenoxy) is 1. The van der Waals surface area contributed by atoms with E-state index < -0.39 is 0 Å². The summed E-state index contributed by atoms with van der Waals surface area (Å²) < 4.78 is 5.59. The van der Waals surface area contributed by atoms with Crippen molar-refractivity contribution in [1.29, 1.82) is 0 Å². The van der Waals surface area contributed by atoms with Crippen molar-refractivity contribution in [1.82, 2.24) is 5.32 Å². The largest absolute Gasteiger partial charge is 0.494 e. The van der Waals surface area contributed by atoms with Gasteiger partial charge in [0.15, 0.2) is 0 Å². The minimum atomic E-state index is 0.588. The Bertz CT molecular complexity index is 345. The molecule has 1 N–H and O–H groups in total. The van der Waals surface area contributed by atoms with Gasteiger partial charge in [0, 0.05) is 12.6 Å². The quantitative estimate of drug-likeness (QED) is 0.664. The molecular formula is C18H31NO. The second-order valence-corrected chi connectivity index (χ2v) is 6.10. The number of rotatable bonds is 10. The summed E-state index contributed by atoms with van der Waals surface area (Å²) in [5.74, 6) is 1.79. The van der Waals surface area contributed by atoms with Gasteiger partial charge in [-0.2, -0.15) is 0 Å². The van der Waals surface area contributed by atoms with E-state index in [0.717, 1.165) is 31.2 Å². The Morgan fingerprint density at radius 2 is 1.75 bits per heavy atom. The van der Waals surface area contributed by atoms with Gasteiger partial charge in [0.25, 0.3) is 0 Å². The Labute approximate surface area is 124 Å². The maximum atomic E-state index is 5.59. The molecule has 0 saturated carbocycles. The van der Waals surface area contributed by atoms with E-state index in [9.17, 15) is 0 Å². The summed E-state index contributed by atoms with van der Waals surface area (Å²) in [5.41, 5.74) is 1.32. The molecule has 0 saturated heterocycles. The lowest BCUT2D eigenvalue weighted by Gasteiger charge is -2.14. The van der Waals surface area contributed by atoms with Crippen molar-refractivity contribution in [3.63, 3.8) is 0 Å². The number of nitrogens with one attached hydrogen (secondary N) is 1. The molecule has 0 aliphatic carbocycles. The van der Waals surface area contributed by atoms with Crippen LogP contribution in [-0.4, -0.2) is 12.6 Å². The molecule has 0 aliphatic heterocycles. The van der Waals surface area contributed by atoms with Gasteiger partial charge in [-0.25, -0.2) is 0 Å². The minimum absolute atomic E-state index is 0.588. The highest BCUT2D eigenvalue weighted by Crippen LogP contribution is 2.13. The van der Waals surface area contributed by atoms with Gasteiger partial charge in [-0.05, 0) is 43.4 Å². The van der Waals surface area contributed by atoms with E-state index in [1.54, 1.807) is 0 Å². The van der Waals surface area contributed by atoms with Gasteiger partial charge in [0.05, 0.1) is 6.61 Å². The first-order chi connectivity index (χ1) is 9.61. The average Bonchev–Trinajstić information content (AvgIpc) is 2.43. The van der Waals surface area contributed by atoms with Gasteiger partial charge >= 0.3 is 0 Å². The zero-order chi connectivity index (χ0) is 14.8. The number of hydrogen-bond donors (Lipinski definition) is 1. The van der Waals surface area contributed by atoms with Gasteiger partial charge < -0.3 is 10.1 Å². The maximum absolute atomic E-state index is 5.59. The van der Waals surface area contributed by atoms with E-state index in [1.165, 1.54) is 24.8 Å². The summed E-state index contributed by atoms with van der Waals surface area (Å²) >= 11 is 0. The molecule has 0 bridgehead atoms. The molecule has 1 aromatic carbocycles. The highest BCUT2D eigenvalue weighted by Gasteiger charge is 2.03. The monoisotopic (exact) mass is 277 g/mol. The molecule has 0 heterocycles. The van der Waals surface area contributed by atoms with Gasteiger partial charge in [0.1, 0.15) is 5.75 Å². The molecule has 114 valence electrons. The van der Waals surface area contributed by atoms with Crippen molar-refractivity contribution in [3.8, 4) is 5.75 Å². The van der Waals surface area contributed by atoms with Gasteiger partial charge in [-0.3, -0.25) is 0 Å².